The van der Waals surface area contributed by atoms with Crippen molar-refractivity contribution in [3.63, 3.8) is 0 Å². The fourth-order valence-electron chi connectivity index (χ4n) is 2.71. The Bertz CT molecular complexity index is 1280. The van der Waals surface area contributed by atoms with Gasteiger partial charge in [0.2, 0.25) is 5.95 Å². The standard InChI is InChI=1S/C17H12F2N6O3.H2S/c1-8(9-2-3-11(18)12(19)4-9)24-7-13-14(23-24)15(26)22-17(21-13)25-6-10(5-20-25)16(27)28;/h2-8H,1H3,(H,27,28)(H,21,22,26);1H2/t8-;/m0./s1. The lowest BCUT2D eigenvalue weighted by atomic mass is 10.1. The van der Waals surface area contributed by atoms with Crippen molar-refractivity contribution in [2.75, 3.05) is 0 Å². The molecule has 0 saturated carbocycles. The molecule has 12 heteroatoms. The number of H-pyrrole nitrogens is 1. The summed E-state index contributed by atoms with van der Waals surface area (Å²) in [7, 11) is 0. The number of hydrogen-bond donors (Lipinski definition) is 2. The van der Waals surface area contributed by atoms with Crippen LogP contribution in [0.25, 0.3) is 17.0 Å². The molecule has 4 aromatic rings. The van der Waals surface area contributed by atoms with E-state index in [-0.39, 0.29) is 36.0 Å². The third kappa shape index (κ3) is 3.61. The Kier molecular flexibility index (Phi) is 5.20. The largest absolute Gasteiger partial charge is 0.478 e. The van der Waals surface area contributed by atoms with Crippen LogP contribution in [-0.2, 0) is 0 Å². The van der Waals surface area contributed by atoms with E-state index in [0.29, 0.717) is 5.56 Å². The zero-order valence-electron chi connectivity index (χ0n) is 14.8. The van der Waals surface area contributed by atoms with Gasteiger partial charge in [-0.3, -0.25) is 14.5 Å². The van der Waals surface area contributed by atoms with Gasteiger partial charge in [-0.05, 0) is 24.6 Å². The number of fused-ring (bicyclic) bond motifs is 1. The van der Waals surface area contributed by atoms with Crippen molar-refractivity contribution in [3.8, 4) is 5.95 Å². The Morgan fingerprint density at radius 2 is 2.00 bits per heavy atom. The summed E-state index contributed by atoms with van der Waals surface area (Å²) < 4.78 is 29.2. The lowest BCUT2D eigenvalue weighted by Crippen LogP contribution is -2.14. The normalized spacial score (nSPS) is 12.0. The minimum atomic E-state index is -1.16. The number of aromatic nitrogens is 6. The summed E-state index contributed by atoms with van der Waals surface area (Å²) in [5, 5.41) is 17.0. The molecule has 0 aliphatic heterocycles. The van der Waals surface area contributed by atoms with Crippen LogP contribution < -0.4 is 5.56 Å². The topological polar surface area (TPSA) is 119 Å². The maximum absolute atomic E-state index is 13.5. The van der Waals surface area contributed by atoms with Crippen molar-refractivity contribution in [2.24, 2.45) is 0 Å². The van der Waals surface area contributed by atoms with E-state index in [2.05, 4.69) is 20.2 Å². The Labute approximate surface area is 168 Å². The molecule has 150 valence electrons. The highest BCUT2D eigenvalue weighted by molar-refractivity contribution is 7.59. The van der Waals surface area contributed by atoms with Gasteiger partial charge < -0.3 is 5.11 Å². The van der Waals surface area contributed by atoms with Gasteiger partial charge in [-0.15, -0.1) is 0 Å². The Balaban J connectivity index is 0.00000240. The van der Waals surface area contributed by atoms with Crippen LogP contribution in [0.1, 0.15) is 28.9 Å². The molecule has 0 radical (unpaired) electrons. The molecule has 3 heterocycles. The second-order valence-corrected chi connectivity index (χ2v) is 6.06. The quantitative estimate of drug-likeness (QED) is 0.521. The van der Waals surface area contributed by atoms with Gasteiger partial charge in [0.05, 0.1) is 24.0 Å². The zero-order chi connectivity index (χ0) is 20.0. The monoisotopic (exact) mass is 420 g/mol. The minimum Gasteiger partial charge on any atom is -0.478 e. The van der Waals surface area contributed by atoms with E-state index in [0.717, 1.165) is 23.0 Å². The molecule has 4 rings (SSSR count). The lowest BCUT2D eigenvalue weighted by Gasteiger charge is -2.12. The molecule has 1 atom stereocenters. The summed E-state index contributed by atoms with van der Waals surface area (Å²) in [5.41, 5.74) is 0.125. The van der Waals surface area contributed by atoms with E-state index in [1.807, 2.05) is 0 Å². The number of hydrogen-bond acceptors (Lipinski definition) is 5. The van der Waals surface area contributed by atoms with Crippen LogP contribution in [0.2, 0.25) is 0 Å². The van der Waals surface area contributed by atoms with Crippen LogP contribution in [0, 0.1) is 11.6 Å². The molecule has 0 fully saturated rings. The Morgan fingerprint density at radius 1 is 1.24 bits per heavy atom. The van der Waals surface area contributed by atoms with Gasteiger partial charge in [-0.25, -0.2) is 23.2 Å². The van der Waals surface area contributed by atoms with Crippen LogP contribution in [0.5, 0.6) is 0 Å². The molecular weight excluding hydrogens is 406 g/mol. The SMILES string of the molecule is C[C@@H](c1ccc(F)c(F)c1)n1cc2nc(-n3cc(C(=O)O)cn3)[nH]c(=O)c2n1.S. The molecule has 2 N–H and O–H groups in total. The average Bonchev–Trinajstić information content (AvgIpc) is 3.30. The highest BCUT2D eigenvalue weighted by atomic mass is 32.1. The molecule has 0 saturated heterocycles. The van der Waals surface area contributed by atoms with E-state index in [9.17, 15) is 18.4 Å². The molecule has 1 aromatic carbocycles. The number of carboxylic acids is 1. The molecule has 0 aliphatic rings. The third-order valence-electron chi connectivity index (χ3n) is 4.25. The number of rotatable bonds is 4. The maximum Gasteiger partial charge on any atom is 0.338 e. The molecule has 9 nitrogen and oxygen atoms in total. The maximum atomic E-state index is 13.5. The van der Waals surface area contributed by atoms with E-state index in [1.165, 1.54) is 23.1 Å². The molecule has 0 amide bonds. The number of benzene rings is 1. The van der Waals surface area contributed by atoms with Gasteiger partial charge in [0.15, 0.2) is 17.2 Å². The van der Waals surface area contributed by atoms with E-state index in [4.69, 9.17) is 5.11 Å². The van der Waals surface area contributed by atoms with Crippen LogP contribution in [0.15, 0.2) is 41.6 Å². The highest BCUT2D eigenvalue weighted by Crippen LogP contribution is 2.21. The van der Waals surface area contributed by atoms with Gasteiger partial charge in [-0.1, -0.05) is 6.07 Å². The molecule has 0 bridgehead atoms. The lowest BCUT2D eigenvalue weighted by molar-refractivity contribution is 0.0697. The average molecular weight is 420 g/mol. The smallest absolute Gasteiger partial charge is 0.338 e. The van der Waals surface area contributed by atoms with Gasteiger partial charge >= 0.3 is 5.97 Å². The first-order valence-corrected chi connectivity index (χ1v) is 8.06. The first kappa shape index (κ1) is 20.2. The number of aromatic carboxylic acids is 1. The van der Waals surface area contributed by atoms with E-state index < -0.39 is 29.2 Å². The van der Waals surface area contributed by atoms with Crippen molar-refractivity contribution in [2.45, 2.75) is 13.0 Å². The van der Waals surface area contributed by atoms with Crippen molar-refractivity contribution < 1.29 is 18.7 Å². The number of aromatic amines is 1. The number of nitrogens with one attached hydrogen (secondary N) is 1. The van der Waals surface area contributed by atoms with Crippen LogP contribution in [0.4, 0.5) is 8.78 Å². The van der Waals surface area contributed by atoms with Crippen LogP contribution in [0.3, 0.4) is 0 Å². The van der Waals surface area contributed by atoms with E-state index >= 15 is 0 Å². The number of carboxylic acid groups (broad SMARTS) is 1. The molecular formula is C17H14F2N6O3S. The fourth-order valence-corrected chi connectivity index (χ4v) is 2.71. The van der Waals surface area contributed by atoms with Gasteiger partial charge in [0.25, 0.3) is 5.56 Å². The molecule has 29 heavy (non-hydrogen) atoms. The Morgan fingerprint density at radius 3 is 2.66 bits per heavy atom. The number of carbonyl (C=O) groups is 1. The zero-order valence-corrected chi connectivity index (χ0v) is 15.8. The van der Waals surface area contributed by atoms with E-state index in [1.54, 1.807) is 6.92 Å². The molecule has 0 unspecified atom stereocenters. The van der Waals surface area contributed by atoms with Gasteiger partial charge in [-0.2, -0.15) is 23.7 Å². The summed E-state index contributed by atoms with van der Waals surface area (Å²) in [6.45, 7) is 1.71. The first-order valence-electron chi connectivity index (χ1n) is 8.06. The summed E-state index contributed by atoms with van der Waals surface area (Å²) in [4.78, 5) is 30.0. The van der Waals surface area contributed by atoms with Crippen molar-refractivity contribution >= 4 is 30.5 Å². The fraction of sp³-hybridized carbons (Fsp3) is 0.118. The molecule has 3 aromatic heterocycles. The summed E-state index contributed by atoms with van der Waals surface area (Å²) in [6, 6.07) is 3.02. The Hall–Kier alpha value is -3.54. The van der Waals surface area contributed by atoms with Crippen molar-refractivity contribution in [1.82, 2.24) is 29.5 Å². The predicted octanol–water partition coefficient (Wildman–Crippen LogP) is 2.00. The van der Waals surface area contributed by atoms with Crippen LogP contribution in [-0.4, -0.2) is 40.6 Å². The third-order valence-corrected chi connectivity index (χ3v) is 4.25. The summed E-state index contributed by atoms with van der Waals surface area (Å²) >= 11 is 0. The number of halogens is 2. The second-order valence-electron chi connectivity index (χ2n) is 6.06. The van der Waals surface area contributed by atoms with Gasteiger partial charge in [0.1, 0.15) is 5.52 Å². The van der Waals surface area contributed by atoms with Crippen molar-refractivity contribution in [3.05, 3.63) is 69.9 Å². The second kappa shape index (κ2) is 7.47. The van der Waals surface area contributed by atoms with Gasteiger partial charge in [0, 0.05) is 6.20 Å². The summed E-state index contributed by atoms with van der Waals surface area (Å²) in [6.07, 6.45) is 3.82. The molecule has 0 spiro atoms. The number of nitrogens with zero attached hydrogens (tertiary/aromatic N) is 5. The van der Waals surface area contributed by atoms with Crippen molar-refractivity contribution in [1.29, 1.82) is 0 Å². The highest BCUT2D eigenvalue weighted by Gasteiger charge is 2.16. The molecule has 0 aliphatic carbocycles. The summed E-state index contributed by atoms with van der Waals surface area (Å²) in [5.74, 6) is -3.08. The minimum absolute atomic E-state index is 0. The van der Waals surface area contributed by atoms with Crippen LogP contribution >= 0.6 is 13.5 Å². The first-order chi connectivity index (χ1) is 13.3. The predicted molar refractivity (Wildman–Crippen MR) is 103 cm³/mol.